The van der Waals surface area contributed by atoms with Crippen molar-refractivity contribution in [2.45, 2.75) is 45.0 Å². The van der Waals surface area contributed by atoms with Gasteiger partial charge in [0.1, 0.15) is 0 Å². The largest absolute Gasteiger partial charge is 0.391 e. The van der Waals surface area contributed by atoms with Gasteiger partial charge in [-0.15, -0.1) is 0 Å². The fourth-order valence-corrected chi connectivity index (χ4v) is 3.34. The Balaban J connectivity index is 1.47. The maximum atomic E-state index is 12.4. The number of rotatable bonds is 7. The number of aliphatic hydroxyl groups is 1. The molecule has 1 heterocycles. The molecule has 0 radical (unpaired) electrons. The van der Waals surface area contributed by atoms with E-state index in [-0.39, 0.29) is 17.7 Å². The maximum absolute atomic E-state index is 12.4. The Bertz CT molecular complexity index is 831. The van der Waals surface area contributed by atoms with Crippen LogP contribution in [0.3, 0.4) is 0 Å². The third-order valence-electron chi connectivity index (χ3n) is 4.95. The monoisotopic (exact) mass is 382 g/mol. The van der Waals surface area contributed by atoms with E-state index in [9.17, 15) is 14.7 Å². The number of aryl methyl sites for hydroxylation is 1. The van der Waals surface area contributed by atoms with E-state index in [0.717, 1.165) is 17.8 Å². The minimum atomic E-state index is -0.732. The predicted octanol–water partition coefficient (Wildman–Crippen LogP) is 1.49. The van der Waals surface area contributed by atoms with Crippen LogP contribution in [0.5, 0.6) is 0 Å². The van der Waals surface area contributed by atoms with E-state index in [4.69, 9.17) is 0 Å². The van der Waals surface area contributed by atoms with Crippen molar-refractivity contribution in [2.75, 3.05) is 0 Å². The summed E-state index contributed by atoms with van der Waals surface area (Å²) in [5.74, 6) is -0.729. The van der Waals surface area contributed by atoms with Crippen LogP contribution < -0.4 is 10.6 Å². The quantitative estimate of drug-likeness (QED) is 0.632. The van der Waals surface area contributed by atoms with Crippen LogP contribution in [0.1, 0.15) is 31.0 Å². The summed E-state index contributed by atoms with van der Waals surface area (Å²) in [6.07, 6.45) is 6.81. The highest BCUT2D eigenvalue weighted by atomic mass is 16.3. The molecule has 2 aromatic rings. The first-order valence-corrected chi connectivity index (χ1v) is 9.55. The summed E-state index contributed by atoms with van der Waals surface area (Å²) >= 11 is 0. The van der Waals surface area contributed by atoms with E-state index in [1.54, 1.807) is 12.4 Å². The fraction of sp³-hybridized carbons (Fsp3) is 0.381. The average molecular weight is 382 g/mol. The summed E-state index contributed by atoms with van der Waals surface area (Å²) in [5.41, 5.74) is 1.72. The normalized spacial score (nSPS) is 21.7. The number of amides is 2. The van der Waals surface area contributed by atoms with Crippen molar-refractivity contribution in [1.29, 1.82) is 0 Å². The number of carbonyl (C=O) groups is 2. The predicted molar refractivity (Wildman–Crippen MR) is 106 cm³/mol. The summed E-state index contributed by atoms with van der Waals surface area (Å²) in [6, 6.07) is 9.08. The van der Waals surface area contributed by atoms with Crippen molar-refractivity contribution < 1.29 is 14.7 Å². The molecule has 1 aliphatic carbocycles. The lowest BCUT2D eigenvalue weighted by Gasteiger charge is -2.14. The first kappa shape index (κ1) is 19.8. The zero-order chi connectivity index (χ0) is 19.9. The lowest BCUT2D eigenvalue weighted by molar-refractivity contribution is -0.125. The van der Waals surface area contributed by atoms with E-state index in [2.05, 4.69) is 15.6 Å². The number of nitrogens with zero attached hydrogens (tertiary/aromatic N) is 2. The van der Waals surface area contributed by atoms with Gasteiger partial charge in [0.25, 0.3) is 0 Å². The van der Waals surface area contributed by atoms with Gasteiger partial charge in [-0.3, -0.25) is 9.59 Å². The second-order valence-electron chi connectivity index (χ2n) is 7.01. The summed E-state index contributed by atoms with van der Waals surface area (Å²) in [5, 5.41) is 15.9. The summed E-state index contributed by atoms with van der Waals surface area (Å²) in [7, 11) is 0. The van der Waals surface area contributed by atoms with Gasteiger partial charge in [-0.2, -0.15) is 0 Å². The van der Waals surface area contributed by atoms with Crippen molar-refractivity contribution >= 4 is 17.9 Å². The standard InChI is InChI=1S/C21H26N4O3/c1-2-25-13-17(23-14-25)12-22-21(28)16-10-18(19(26)11-16)24-20(27)9-8-15-6-4-3-5-7-15/h3-9,13-14,16,18-19,26H,2,10-12H2,1H3,(H,22,28)(H,24,27)/t16-,18-,19-/m0/s1. The summed E-state index contributed by atoms with van der Waals surface area (Å²) in [4.78, 5) is 28.7. The highest BCUT2D eigenvalue weighted by Crippen LogP contribution is 2.26. The lowest BCUT2D eigenvalue weighted by atomic mass is 10.1. The number of aliphatic hydroxyl groups excluding tert-OH is 1. The highest BCUT2D eigenvalue weighted by molar-refractivity contribution is 5.92. The fourth-order valence-electron chi connectivity index (χ4n) is 3.34. The number of imidazole rings is 1. The van der Waals surface area contributed by atoms with Gasteiger partial charge in [-0.1, -0.05) is 30.3 Å². The number of carbonyl (C=O) groups excluding carboxylic acids is 2. The van der Waals surface area contributed by atoms with Crippen LogP contribution >= 0.6 is 0 Å². The Kier molecular flexibility index (Phi) is 6.60. The molecule has 1 saturated carbocycles. The van der Waals surface area contributed by atoms with Crippen LogP contribution in [-0.2, 0) is 22.7 Å². The number of hydrogen-bond acceptors (Lipinski definition) is 4. The van der Waals surface area contributed by atoms with Crippen molar-refractivity contribution in [3.8, 4) is 0 Å². The van der Waals surface area contributed by atoms with Crippen molar-refractivity contribution in [1.82, 2.24) is 20.2 Å². The molecule has 7 heteroatoms. The van der Waals surface area contributed by atoms with Crippen LogP contribution in [0.4, 0.5) is 0 Å². The van der Waals surface area contributed by atoms with Gasteiger partial charge in [0.15, 0.2) is 0 Å². The second kappa shape index (κ2) is 9.32. The summed E-state index contributed by atoms with van der Waals surface area (Å²) < 4.78 is 1.94. The van der Waals surface area contributed by atoms with Gasteiger partial charge in [-0.25, -0.2) is 4.98 Å². The van der Waals surface area contributed by atoms with Crippen LogP contribution in [-0.4, -0.2) is 38.6 Å². The van der Waals surface area contributed by atoms with Gasteiger partial charge < -0.3 is 20.3 Å². The van der Waals surface area contributed by atoms with E-state index in [1.165, 1.54) is 6.08 Å². The highest BCUT2D eigenvalue weighted by Gasteiger charge is 2.37. The van der Waals surface area contributed by atoms with Gasteiger partial charge in [0, 0.05) is 24.7 Å². The molecule has 0 bridgehead atoms. The van der Waals surface area contributed by atoms with Crippen LogP contribution in [0.25, 0.3) is 6.08 Å². The molecule has 2 amide bonds. The first-order chi connectivity index (χ1) is 13.5. The number of benzene rings is 1. The Morgan fingerprint density at radius 1 is 1.29 bits per heavy atom. The molecule has 0 saturated heterocycles. The molecule has 0 aliphatic heterocycles. The molecule has 1 aromatic carbocycles. The van der Waals surface area contributed by atoms with Crippen molar-refractivity contribution in [3.63, 3.8) is 0 Å². The van der Waals surface area contributed by atoms with E-state index in [0.29, 0.717) is 19.4 Å². The molecule has 1 fully saturated rings. The molecule has 0 spiro atoms. The van der Waals surface area contributed by atoms with E-state index in [1.807, 2.05) is 48.0 Å². The van der Waals surface area contributed by atoms with Crippen LogP contribution in [0.15, 0.2) is 48.9 Å². The molecule has 1 aliphatic rings. The van der Waals surface area contributed by atoms with Gasteiger partial charge in [0.2, 0.25) is 11.8 Å². The Labute approximate surface area is 164 Å². The topological polar surface area (TPSA) is 96.3 Å². The third kappa shape index (κ3) is 5.29. The number of nitrogens with one attached hydrogen (secondary N) is 2. The molecular weight excluding hydrogens is 356 g/mol. The maximum Gasteiger partial charge on any atom is 0.244 e. The smallest absolute Gasteiger partial charge is 0.244 e. The third-order valence-corrected chi connectivity index (χ3v) is 4.95. The SMILES string of the molecule is CCn1cnc(CNC(=O)[C@H]2C[C@H](NC(=O)C=Cc3ccccc3)[C@@H](O)C2)c1. The second-order valence-corrected chi connectivity index (χ2v) is 7.01. The molecule has 3 atom stereocenters. The van der Waals surface area contributed by atoms with Gasteiger partial charge in [-0.05, 0) is 31.4 Å². The lowest BCUT2D eigenvalue weighted by Crippen LogP contribution is -2.39. The van der Waals surface area contributed by atoms with E-state index >= 15 is 0 Å². The number of hydrogen-bond donors (Lipinski definition) is 3. The van der Waals surface area contributed by atoms with E-state index < -0.39 is 12.1 Å². The Hall–Kier alpha value is -2.93. The average Bonchev–Trinajstić information content (AvgIpc) is 3.32. The minimum Gasteiger partial charge on any atom is -0.391 e. The van der Waals surface area contributed by atoms with Crippen molar-refractivity contribution in [3.05, 3.63) is 60.2 Å². The first-order valence-electron chi connectivity index (χ1n) is 9.55. The molecule has 0 unspecified atom stereocenters. The zero-order valence-electron chi connectivity index (χ0n) is 15.9. The van der Waals surface area contributed by atoms with Gasteiger partial charge >= 0.3 is 0 Å². The zero-order valence-corrected chi connectivity index (χ0v) is 15.9. The Morgan fingerprint density at radius 2 is 2.07 bits per heavy atom. The van der Waals surface area contributed by atoms with Crippen LogP contribution in [0.2, 0.25) is 0 Å². The molecule has 28 heavy (non-hydrogen) atoms. The molecule has 148 valence electrons. The van der Waals surface area contributed by atoms with Crippen molar-refractivity contribution in [2.24, 2.45) is 5.92 Å². The molecule has 7 nitrogen and oxygen atoms in total. The summed E-state index contributed by atoms with van der Waals surface area (Å²) in [6.45, 7) is 3.21. The Morgan fingerprint density at radius 3 is 2.79 bits per heavy atom. The molecule has 1 aromatic heterocycles. The number of aromatic nitrogens is 2. The molecule has 3 rings (SSSR count). The molecule has 3 N–H and O–H groups in total. The van der Waals surface area contributed by atoms with Gasteiger partial charge in [0.05, 0.1) is 30.7 Å². The van der Waals surface area contributed by atoms with Crippen LogP contribution in [0, 0.1) is 5.92 Å². The molecular formula is C21H26N4O3. The minimum absolute atomic E-state index is 0.123.